The highest BCUT2D eigenvalue weighted by Crippen LogP contribution is 2.33. The standard InChI is InChI=1S/C23H21FN4O4/c24-18-4-2-1-3-16(18)12-27-13-17(10-25-27)26-23(30)19-6-8-22(29)28(19)11-15-5-7-20-21(9-15)32-14-31-20/h1-5,7,9-10,13,19H,6,8,11-12,14H2,(H,26,30). The van der Waals surface area contributed by atoms with Crippen molar-refractivity contribution >= 4 is 17.5 Å². The van der Waals surface area contributed by atoms with Crippen molar-refractivity contribution in [3.8, 4) is 11.5 Å². The minimum Gasteiger partial charge on any atom is -0.454 e. The van der Waals surface area contributed by atoms with E-state index in [-0.39, 0.29) is 31.0 Å². The van der Waals surface area contributed by atoms with Crippen molar-refractivity contribution in [3.63, 3.8) is 0 Å². The van der Waals surface area contributed by atoms with Gasteiger partial charge in [0.15, 0.2) is 11.5 Å². The summed E-state index contributed by atoms with van der Waals surface area (Å²) in [7, 11) is 0. The van der Waals surface area contributed by atoms with Gasteiger partial charge in [0.25, 0.3) is 0 Å². The van der Waals surface area contributed by atoms with Crippen molar-refractivity contribution in [2.24, 2.45) is 0 Å². The molecule has 1 fully saturated rings. The number of carbonyl (C=O) groups excluding carboxylic acids is 2. The lowest BCUT2D eigenvalue weighted by molar-refractivity contribution is -0.133. The number of rotatable bonds is 6. The van der Waals surface area contributed by atoms with Crippen LogP contribution >= 0.6 is 0 Å². The maximum absolute atomic E-state index is 13.9. The van der Waals surface area contributed by atoms with Gasteiger partial charge < -0.3 is 19.7 Å². The summed E-state index contributed by atoms with van der Waals surface area (Å²) >= 11 is 0. The smallest absolute Gasteiger partial charge is 0.247 e. The first-order chi connectivity index (χ1) is 15.6. The number of fused-ring (bicyclic) bond motifs is 1. The first-order valence-electron chi connectivity index (χ1n) is 10.3. The number of anilines is 1. The number of carbonyl (C=O) groups is 2. The number of benzene rings is 2. The summed E-state index contributed by atoms with van der Waals surface area (Å²) in [5, 5.41) is 7.02. The number of aromatic nitrogens is 2. The van der Waals surface area contributed by atoms with E-state index in [1.807, 2.05) is 12.1 Å². The molecule has 0 saturated carbocycles. The van der Waals surface area contributed by atoms with Crippen molar-refractivity contribution in [1.29, 1.82) is 0 Å². The van der Waals surface area contributed by atoms with Crippen LogP contribution in [0.5, 0.6) is 11.5 Å². The highest BCUT2D eigenvalue weighted by Gasteiger charge is 2.36. The predicted octanol–water partition coefficient (Wildman–Crippen LogP) is 2.93. The Kier molecular flexibility index (Phi) is 5.22. The lowest BCUT2D eigenvalue weighted by Gasteiger charge is -2.24. The van der Waals surface area contributed by atoms with Crippen molar-refractivity contribution in [3.05, 3.63) is 71.8 Å². The minimum atomic E-state index is -0.581. The van der Waals surface area contributed by atoms with E-state index in [4.69, 9.17) is 9.47 Å². The van der Waals surface area contributed by atoms with Gasteiger partial charge in [-0.05, 0) is 30.2 Å². The summed E-state index contributed by atoms with van der Waals surface area (Å²) < 4.78 is 26.1. The summed E-state index contributed by atoms with van der Waals surface area (Å²) in [5.74, 6) is 0.651. The van der Waals surface area contributed by atoms with Gasteiger partial charge in [0.2, 0.25) is 18.6 Å². The monoisotopic (exact) mass is 436 g/mol. The number of nitrogens with one attached hydrogen (secondary N) is 1. The summed E-state index contributed by atoms with van der Waals surface area (Å²) in [6.07, 6.45) is 3.91. The zero-order valence-electron chi connectivity index (χ0n) is 17.2. The van der Waals surface area contributed by atoms with Gasteiger partial charge in [-0.1, -0.05) is 24.3 Å². The molecule has 5 rings (SSSR count). The van der Waals surface area contributed by atoms with Crippen LogP contribution in [0.25, 0.3) is 0 Å². The molecule has 1 unspecified atom stereocenters. The second kappa shape index (κ2) is 8.33. The molecule has 1 N–H and O–H groups in total. The van der Waals surface area contributed by atoms with Crippen molar-refractivity contribution in [2.75, 3.05) is 12.1 Å². The first-order valence-corrected chi connectivity index (χ1v) is 10.3. The molecule has 0 radical (unpaired) electrons. The fraction of sp³-hybridized carbons (Fsp3) is 0.261. The van der Waals surface area contributed by atoms with Gasteiger partial charge in [-0.15, -0.1) is 0 Å². The Morgan fingerprint density at radius 2 is 2.00 bits per heavy atom. The van der Waals surface area contributed by atoms with E-state index >= 15 is 0 Å². The molecule has 1 atom stereocenters. The first kappa shape index (κ1) is 20.0. The van der Waals surface area contributed by atoms with Crippen LogP contribution in [0, 0.1) is 5.82 Å². The number of halogens is 1. The van der Waals surface area contributed by atoms with E-state index in [9.17, 15) is 14.0 Å². The third-order valence-electron chi connectivity index (χ3n) is 5.61. The van der Waals surface area contributed by atoms with E-state index in [2.05, 4.69) is 10.4 Å². The molecule has 2 aromatic carbocycles. The van der Waals surface area contributed by atoms with Gasteiger partial charge >= 0.3 is 0 Å². The summed E-state index contributed by atoms with van der Waals surface area (Å²) in [4.78, 5) is 27.0. The van der Waals surface area contributed by atoms with Crippen LogP contribution in [0.1, 0.15) is 24.0 Å². The van der Waals surface area contributed by atoms with Crippen LogP contribution in [-0.4, -0.2) is 39.3 Å². The molecule has 32 heavy (non-hydrogen) atoms. The number of hydrogen-bond acceptors (Lipinski definition) is 5. The van der Waals surface area contributed by atoms with Crippen LogP contribution in [0.3, 0.4) is 0 Å². The van der Waals surface area contributed by atoms with Gasteiger partial charge in [0.05, 0.1) is 18.4 Å². The topological polar surface area (TPSA) is 85.7 Å². The van der Waals surface area contributed by atoms with Crippen molar-refractivity contribution in [1.82, 2.24) is 14.7 Å². The summed E-state index contributed by atoms with van der Waals surface area (Å²) in [6, 6.07) is 11.4. The lowest BCUT2D eigenvalue weighted by atomic mass is 10.1. The van der Waals surface area contributed by atoms with Gasteiger partial charge in [-0.2, -0.15) is 5.10 Å². The molecule has 2 amide bonds. The molecule has 2 aliphatic rings. The van der Waals surface area contributed by atoms with Crippen molar-refractivity contribution < 1.29 is 23.5 Å². The molecular formula is C23H21FN4O4. The van der Waals surface area contributed by atoms with Gasteiger partial charge in [0.1, 0.15) is 11.9 Å². The van der Waals surface area contributed by atoms with Crippen molar-refractivity contribution in [2.45, 2.75) is 32.0 Å². The summed E-state index contributed by atoms with van der Waals surface area (Å²) in [6.45, 7) is 0.734. The average molecular weight is 436 g/mol. The quantitative estimate of drug-likeness (QED) is 0.642. The molecule has 9 heteroatoms. The second-order valence-corrected chi connectivity index (χ2v) is 7.77. The zero-order valence-corrected chi connectivity index (χ0v) is 17.2. The SMILES string of the molecule is O=C(Nc1cnn(Cc2ccccc2F)c1)C1CCC(=O)N1Cc1ccc2c(c1)OCO2. The number of amides is 2. The minimum absolute atomic E-state index is 0.0712. The van der Waals surface area contributed by atoms with Crippen LogP contribution in [-0.2, 0) is 22.7 Å². The zero-order chi connectivity index (χ0) is 22.1. The highest BCUT2D eigenvalue weighted by atomic mass is 19.1. The van der Waals surface area contributed by atoms with Gasteiger partial charge in [0, 0.05) is 24.7 Å². The van der Waals surface area contributed by atoms with Crippen LogP contribution in [0.2, 0.25) is 0 Å². The number of likely N-dealkylation sites (tertiary alicyclic amines) is 1. The van der Waals surface area contributed by atoms with Crippen LogP contribution < -0.4 is 14.8 Å². The Hall–Kier alpha value is -3.88. The molecule has 0 bridgehead atoms. The molecule has 3 aromatic rings. The fourth-order valence-electron chi connectivity index (χ4n) is 3.98. The summed E-state index contributed by atoms with van der Waals surface area (Å²) in [5.41, 5.74) is 1.86. The molecule has 2 aliphatic heterocycles. The normalized spacial score (nSPS) is 17.1. The largest absolute Gasteiger partial charge is 0.454 e. The predicted molar refractivity (Wildman–Crippen MR) is 112 cm³/mol. The highest BCUT2D eigenvalue weighted by molar-refractivity contribution is 5.98. The molecule has 164 valence electrons. The Morgan fingerprint density at radius 1 is 1.16 bits per heavy atom. The van der Waals surface area contributed by atoms with E-state index in [0.717, 1.165) is 5.56 Å². The Balaban J connectivity index is 1.25. The molecule has 1 aromatic heterocycles. The van der Waals surface area contributed by atoms with E-state index < -0.39 is 6.04 Å². The maximum Gasteiger partial charge on any atom is 0.247 e. The van der Waals surface area contributed by atoms with Gasteiger partial charge in [-0.3, -0.25) is 14.3 Å². The van der Waals surface area contributed by atoms with E-state index in [1.54, 1.807) is 40.0 Å². The number of nitrogens with zero attached hydrogens (tertiary/aromatic N) is 3. The maximum atomic E-state index is 13.9. The van der Waals surface area contributed by atoms with Crippen LogP contribution in [0.15, 0.2) is 54.9 Å². The third kappa shape index (κ3) is 4.01. The molecule has 8 nitrogen and oxygen atoms in total. The van der Waals surface area contributed by atoms with E-state index in [0.29, 0.717) is 42.1 Å². The van der Waals surface area contributed by atoms with E-state index in [1.165, 1.54) is 12.3 Å². The Morgan fingerprint density at radius 3 is 2.88 bits per heavy atom. The fourth-order valence-corrected chi connectivity index (χ4v) is 3.98. The molecule has 1 saturated heterocycles. The molecule has 3 heterocycles. The lowest BCUT2D eigenvalue weighted by Crippen LogP contribution is -2.41. The Labute approximate surface area is 183 Å². The average Bonchev–Trinajstić information content (AvgIpc) is 3.51. The second-order valence-electron chi connectivity index (χ2n) is 7.77. The molecule has 0 spiro atoms. The third-order valence-corrected chi connectivity index (χ3v) is 5.61. The number of ether oxygens (including phenoxy) is 2. The molecule has 0 aliphatic carbocycles. The van der Waals surface area contributed by atoms with Crippen LogP contribution in [0.4, 0.5) is 10.1 Å². The Bertz CT molecular complexity index is 1180. The molecular weight excluding hydrogens is 415 g/mol. The number of hydrogen-bond donors (Lipinski definition) is 1. The van der Waals surface area contributed by atoms with Gasteiger partial charge in [-0.25, -0.2) is 4.39 Å².